The molecule has 0 radical (unpaired) electrons. The van der Waals surface area contributed by atoms with E-state index in [0.717, 1.165) is 0 Å². The first-order valence-corrected chi connectivity index (χ1v) is 8.95. The Morgan fingerprint density at radius 2 is 1.30 bits per heavy atom. The van der Waals surface area contributed by atoms with E-state index in [0.29, 0.717) is 0 Å². The summed E-state index contributed by atoms with van der Waals surface area (Å²) in [6, 6.07) is 3.21. The first-order chi connectivity index (χ1) is 12.7. The molecule has 27 heavy (non-hydrogen) atoms. The van der Waals surface area contributed by atoms with Crippen molar-refractivity contribution in [2.75, 3.05) is 19.5 Å². The molecule has 0 aliphatic heterocycles. The summed E-state index contributed by atoms with van der Waals surface area (Å²) in [6.45, 7) is 0. The van der Waals surface area contributed by atoms with Gasteiger partial charge in [0.15, 0.2) is 11.5 Å². The minimum atomic E-state index is -0.911. The molecule has 0 heterocycles. The lowest BCUT2D eigenvalue weighted by atomic mass is 10.1. The maximum atomic E-state index is 12.6. The number of anilines is 1. The van der Waals surface area contributed by atoms with E-state index >= 15 is 0 Å². The zero-order chi connectivity index (χ0) is 20.3. The second-order valence-electron chi connectivity index (χ2n) is 4.93. The Morgan fingerprint density at radius 3 is 1.74 bits per heavy atom. The molecule has 0 aromatic heterocycles. The number of rotatable bonds is 4. The van der Waals surface area contributed by atoms with Crippen molar-refractivity contribution in [3.05, 3.63) is 48.9 Å². The van der Waals surface area contributed by atoms with Crippen molar-refractivity contribution >= 4 is 75.6 Å². The number of imide groups is 1. The smallest absolute Gasteiger partial charge is 0.326 e. The highest BCUT2D eigenvalue weighted by Gasteiger charge is 2.26. The Balaban J connectivity index is 2.32. The zero-order valence-corrected chi connectivity index (χ0v) is 17.5. The third-order valence-electron chi connectivity index (χ3n) is 3.25. The third-order valence-corrected chi connectivity index (χ3v) is 4.63. The maximum absolute atomic E-state index is 12.6. The molecule has 2 aromatic carbocycles. The Bertz CT molecular complexity index is 869. The van der Waals surface area contributed by atoms with E-state index in [9.17, 15) is 9.59 Å². The number of amides is 3. The number of hydrogen-bond acceptors (Lipinski definition) is 4. The summed E-state index contributed by atoms with van der Waals surface area (Å²) in [4.78, 5) is 24.8. The van der Waals surface area contributed by atoms with Crippen molar-refractivity contribution in [1.82, 2.24) is 5.32 Å². The molecule has 0 atom stereocenters. The minimum absolute atomic E-state index is 0.00854. The third kappa shape index (κ3) is 4.83. The molecule has 0 saturated carbocycles. The average Bonchev–Trinajstić information content (AvgIpc) is 2.57. The molecule has 0 fully saturated rings. The van der Waals surface area contributed by atoms with Crippen LogP contribution >= 0.6 is 58.0 Å². The van der Waals surface area contributed by atoms with Crippen molar-refractivity contribution in [3.63, 3.8) is 0 Å². The van der Waals surface area contributed by atoms with Gasteiger partial charge in [-0.3, -0.25) is 10.1 Å². The van der Waals surface area contributed by atoms with Crippen LogP contribution in [0.4, 0.5) is 10.5 Å². The molecule has 0 aliphatic carbocycles. The van der Waals surface area contributed by atoms with Crippen LogP contribution in [0.15, 0.2) is 18.2 Å². The van der Waals surface area contributed by atoms with Crippen LogP contribution < -0.4 is 20.1 Å². The number of hydrogen-bond donors (Lipinski definition) is 2. The summed E-state index contributed by atoms with van der Waals surface area (Å²) in [7, 11) is 2.61. The van der Waals surface area contributed by atoms with Crippen molar-refractivity contribution in [2.45, 2.75) is 0 Å². The number of benzene rings is 2. The van der Waals surface area contributed by atoms with Gasteiger partial charge in [-0.2, -0.15) is 0 Å². The van der Waals surface area contributed by atoms with E-state index in [1.165, 1.54) is 32.4 Å². The monoisotopic (exact) mass is 470 g/mol. The Hall–Kier alpha value is -1.57. The molecular weight excluding hydrogens is 461 g/mol. The molecule has 0 bridgehead atoms. The van der Waals surface area contributed by atoms with E-state index in [4.69, 9.17) is 67.5 Å². The van der Waals surface area contributed by atoms with Crippen LogP contribution in [0.3, 0.4) is 0 Å². The number of urea groups is 1. The van der Waals surface area contributed by atoms with Gasteiger partial charge in [-0.25, -0.2) is 4.79 Å². The van der Waals surface area contributed by atoms with Crippen LogP contribution in [0.25, 0.3) is 0 Å². The van der Waals surface area contributed by atoms with Crippen LogP contribution in [-0.2, 0) is 0 Å². The second kappa shape index (κ2) is 9.08. The van der Waals surface area contributed by atoms with Gasteiger partial charge < -0.3 is 14.8 Å². The van der Waals surface area contributed by atoms with Crippen molar-refractivity contribution in [3.8, 4) is 11.5 Å². The predicted molar refractivity (Wildman–Crippen MR) is 108 cm³/mol. The topological polar surface area (TPSA) is 76.7 Å². The van der Waals surface area contributed by atoms with Crippen LogP contribution in [0.1, 0.15) is 10.4 Å². The first-order valence-electron chi connectivity index (χ1n) is 7.06. The normalized spacial score (nSPS) is 10.3. The fourth-order valence-corrected chi connectivity index (χ4v) is 3.69. The van der Waals surface area contributed by atoms with Crippen LogP contribution in [0.2, 0.25) is 25.1 Å². The molecular formula is C16H11Cl5N2O4. The summed E-state index contributed by atoms with van der Waals surface area (Å²) in [5.41, 5.74) is -0.0722. The van der Waals surface area contributed by atoms with E-state index in [1.54, 1.807) is 0 Å². The number of methoxy groups -OCH3 is 2. The lowest BCUT2D eigenvalue weighted by molar-refractivity contribution is 0.0961. The molecule has 0 spiro atoms. The number of ether oxygens (including phenoxy) is 2. The molecule has 2 N–H and O–H groups in total. The predicted octanol–water partition coefficient (Wildman–Crippen LogP) is 5.93. The van der Waals surface area contributed by atoms with E-state index in [2.05, 4.69) is 10.6 Å². The Morgan fingerprint density at radius 1 is 0.815 bits per heavy atom. The lowest BCUT2D eigenvalue weighted by Crippen LogP contribution is -2.35. The summed E-state index contributed by atoms with van der Waals surface area (Å²) in [5.74, 6) is -0.886. The van der Waals surface area contributed by atoms with E-state index < -0.39 is 11.9 Å². The van der Waals surface area contributed by atoms with Gasteiger partial charge in [-0.05, 0) is 18.2 Å². The van der Waals surface area contributed by atoms with Crippen LogP contribution in [-0.4, -0.2) is 26.2 Å². The molecule has 11 heteroatoms. The standard InChI is InChI=1S/C16H11Cl5N2O4/c1-26-13-9(20)5-10(21)14(27-2)11(13)15(24)23-16(25)22-12-7(18)3-6(17)4-8(12)19/h3-5H,1-2H3,(H2,22,23,24,25). The number of carbonyl (C=O) groups excluding carboxylic acids is 2. The molecule has 2 aromatic rings. The summed E-state index contributed by atoms with van der Waals surface area (Å²) in [5, 5.41) is 5.08. The quantitative estimate of drug-likeness (QED) is 0.578. The molecule has 0 saturated heterocycles. The van der Waals surface area contributed by atoms with Gasteiger partial charge >= 0.3 is 6.03 Å². The van der Waals surface area contributed by atoms with E-state index in [1.807, 2.05) is 0 Å². The average molecular weight is 473 g/mol. The van der Waals surface area contributed by atoms with Crippen molar-refractivity contribution in [1.29, 1.82) is 0 Å². The molecule has 0 unspecified atom stereocenters. The Labute approximate surface area is 179 Å². The van der Waals surface area contributed by atoms with Crippen LogP contribution in [0.5, 0.6) is 11.5 Å². The molecule has 3 amide bonds. The molecule has 2 rings (SSSR count). The highest BCUT2D eigenvalue weighted by atomic mass is 35.5. The van der Waals surface area contributed by atoms with E-state index in [-0.39, 0.29) is 47.9 Å². The van der Waals surface area contributed by atoms with Gasteiger partial charge in [-0.1, -0.05) is 58.0 Å². The van der Waals surface area contributed by atoms with Gasteiger partial charge in [0.1, 0.15) is 5.56 Å². The highest BCUT2D eigenvalue weighted by molar-refractivity contribution is 6.42. The molecule has 0 aliphatic rings. The van der Waals surface area contributed by atoms with Gasteiger partial charge in [0.05, 0.1) is 40.0 Å². The van der Waals surface area contributed by atoms with Crippen LogP contribution in [0, 0.1) is 0 Å². The largest absolute Gasteiger partial charge is 0.494 e. The second-order valence-corrected chi connectivity index (χ2v) is 7.00. The number of nitrogens with one attached hydrogen (secondary N) is 2. The van der Waals surface area contributed by atoms with Gasteiger partial charge in [0.2, 0.25) is 0 Å². The summed E-state index contributed by atoms with van der Waals surface area (Å²) < 4.78 is 10.3. The number of halogens is 5. The molecule has 144 valence electrons. The zero-order valence-electron chi connectivity index (χ0n) is 13.8. The van der Waals surface area contributed by atoms with Crippen molar-refractivity contribution < 1.29 is 19.1 Å². The summed E-state index contributed by atoms with van der Waals surface area (Å²) >= 11 is 29.9. The van der Waals surface area contributed by atoms with Gasteiger partial charge in [0.25, 0.3) is 5.91 Å². The minimum Gasteiger partial charge on any atom is -0.494 e. The maximum Gasteiger partial charge on any atom is 0.326 e. The fourth-order valence-electron chi connectivity index (χ4n) is 2.16. The summed E-state index contributed by atoms with van der Waals surface area (Å²) in [6.07, 6.45) is 0. The number of carbonyl (C=O) groups is 2. The molecule has 6 nitrogen and oxygen atoms in total. The lowest BCUT2D eigenvalue weighted by Gasteiger charge is -2.16. The fraction of sp³-hybridized carbons (Fsp3) is 0.125. The SMILES string of the molecule is COc1c(Cl)cc(Cl)c(OC)c1C(=O)NC(=O)Nc1c(Cl)cc(Cl)cc1Cl. The first kappa shape index (κ1) is 21.7. The van der Waals surface area contributed by atoms with Gasteiger partial charge in [0, 0.05) is 5.02 Å². The van der Waals surface area contributed by atoms with Crippen molar-refractivity contribution in [2.24, 2.45) is 0 Å². The Kier molecular flexibility index (Phi) is 7.31. The van der Waals surface area contributed by atoms with Gasteiger partial charge in [-0.15, -0.1) is 0 Å². The highest BCUT2D eigenvalue weighted by Crippen LogP contribution is 2.41.